The van der Waals surface area contributed by atoms with Crippen molar-refractivity contribution in [2.24, 2.45) is 0 Å². The molecule has 23 valence electrons. The van der Waals surface area contributed by atoms with Crippen LogP contribution in [0.5, 0.6) is 0 Å². The average Bonchev–Trinajstić information content (AvgIpc) is 1.00. The van der Waals surface area contributed by atoms with Gasteiger partial charge in [-0.1, -0.05) is 0 Å². The van der Waals surface area contributed by atoms with E-state index in [9.17, 15) is 0 Å². The van der Waals surface area contributed by atoms with Crippen molar-refractivity contribution < 1.29 is 23.4 Å². The van der Waals surface area contributed by atoms with Crippen LogP contribution in [0.4, 0.5) is 0 Å². The van der Waals surface area contributed by atoms with Crippen molar-refractivity contribution in [3.05, 3.63) is 0 Å². The van der Waals surface area contributed by atoms with E-state index in [0.717, 1.165) is 0 Å². The summed E-state index contributed by atoms with van der Waals surface area (Å²) >= 11 is 0.611. The number of hydrogen-bond acceptors (Lipinski definition) is 1. The fourth-order valence-electron chi connectivity index (χ4n) is 0. The van der Waals surface area contributed by atoms with Crippen LogP contribution >= 0.6 is 0 Å². The van der Waals surface area contributed by atoms with Crippen molar-refractivity contribution >= 4 is 65.1 Å². The molecule has 0 saturated heterocycles. The van der Waals surface area contributed by atoms with E-state index < -0.39 is 0 Å². The molecule has 0 aliphatic carbocycles. The van der Waals surface area contributed by atoms with Crippen molar-refractivity contribution in [3.63, 3.8) is 0 Å². The third-order valence-corrected chi connectivity index (χ3v) is 0. The van der Waals surface area contributed by atoms with Gasteiger partial charge in [-0.3, -0.25) is 0 Å². The van der Waals surface area contributed by atoms with Crippen LogP contribution in [-0.4, -0.2) is 65.1 Å². The van der Waals surface area contributed by atoms with E-state index >= 15 is 0 Å². The molecule has 4 heavy (non-hydrogen) atoms. The first-order valence-corrected chi connectivity index (χ1v) is 0.866. The van der Waals surface area contributed by atoms with Gasteiger partial charge in [0.25, 0.3) is 0 Å². The second kappa shape index (κ2) is 18.1. The molecule has 1 radical (unpaired) electrons. The van der Waals surface area contributed by atoms with Crippen molar-refractivity contribution in [1.29, 1.82) is 0 Å². The van der Waals surface area contributed by atoms with Crippen LogP contribution in [0.15, 0.2) is 0 Å². The van der Waals surface area contributed by atoms with Crippen LogP contribution in [0, 0.1) is 0 Å². The van der Waals surface area contributed by atoms with Crippen LogP contribution in [0.25, 0.3) is 0 Å². The Bertz CT molecular complexity index is 13.5. The summed E-state index contributed by atoms with van der Waals surface area (Å²) in [6.07, 6.45) is 0. The van der Waals surface area contributed by atoms with Crippen LogP contribution in [-0.2, 0) is 20.6 Å². The van der Waals surface area contributed by atoms with E-state index in [1.165, 1.54) is 0 Å². The molecule has 0 spiro atoms. The van der Waals surface area contributed by atoms with Crippen molar-refractivity contribution in [1.82, 2.24) is 0 Å². The molecule has 0 heterocycles. The van der Waals surface area contributed by atoms with Gasteiger partial charge in [0.2, 0.25) is 0 Å². The third-order valence-electron chi connectivity index (χ3n) is 0. The summed E-state index contributed by atoms with van der Waals surface area (Å²) in [6.45, 7) is 0. The van der Waals surface area contributed by atoms with Gasteiger partial charge in [-0.2, -0.15) is 0 Å². The second-order valence-corrected chi connectivity index (χ2v) is 0. The summed E-state index contributed by atoms with van der Waals surface area (Å²) in [4.78, 5) is 0. The Kier molecular flexibility index (Phi) is 73.1. The molecule has 0 aromatic carbocycles. The first-order chi connectivity index (χ1) is 1.00. The molecule has 0 aliphatic heterocycles. The van der Waals surface area contributed by atoms with Gasteiger partial charge >= 0.3 is 68.9 Å². The van der Waals surface area contributed by atoms with Crippen LogP contribution < -0.4 is 0 Å². The Hall–Kier alpha value is 2.41. The quantitative estimate of drug-likeness (QED) is 0.502. The third kappa shape index (κ3) is 8.83. The van der Waals surface area contributed by atoms with Gasteiger partial charge in [0.1, 0.15) is 0 Å². The van der Waals surface area contributed by atoms with Crippen LogP contribution in [0.2, 0.25) is 0 Å². The Morgan fingerprint density at radius 1 is 1.50 bits per heavy atom. The molecule has 0 fully saturated rings. The first-order valence-electron chi connectivity index (χ1n) is 0.289. The molecule has 0 atom stereocenters. The van der Waals surface area contributed by atoms with Crippen molar-refractivity contribution in [2.75, 3.05) is 0 Å². The zero-order valence-corrected chi connectivity index (χ0v) is 9.05. The predicted molar refractivity (Wildman–Crippen MR) is 15.8 cm³/mol. The standard InChI is InChI=1S/Al.Ba.Co.O.3H/q;+2;;;;2*-1. The van der Waals surface area contributed by atoms with E-state index in [1.54, 1.807) is 0 Å². The summed E-state index contributed by atoms with van der Waals surface area (Å²) in [5.41, 5.74) is 0. The molecule has 0 aliphatic rings. The maximum absolute atomic E-state index is 8.28. The fraction of sp³-hybridized carbons (Fsp3) is 0. The zero-order valence-electron chi connectivity index (χ0n) is 4.16. The minimum absolute atomic E-state index is 0. The summed E-state index contributed by atoms with van der Waals surface area (Å²) < 4.78 is 8.28. The molecule has 0 amide bonds. The van der Waals surface area contributed by atoms with E-state index in [-0.39, 0.29) is 68.5 Å². The first kappa shape index (κ1) is 16.1. The van der Waals surface area contributed by atoms with Crippen LogP contribution in [0.3, 0.4) is 0 Å². The molecule has 0 aromatic heterocycles. The van der Waals surface area contributed by atoms with Gasteiger partial charge in [0.05, 0.1) is 0 Å². The molecule has 0 saturated carbocycles. The Labute approximate surface area is 86.8 Å². The zero-order chi connectivity index (χ0) is 2.00. The van der Waals surface area contributed by atoms with Crippen molar-refractivity contribution in [2.45, 2.75) is 0 Å². The second-order valence-electron chi connectivity index (χ2n) is 0. The predicted octanol–water partition coefficient (Wildman–Crippen LogP) is -0.926. The molecule has 0 unspecified atom stereocenters. The number of hydrogen-bond donors (Lipinski definition) is 0. The van der Waals surface area contributed by atoms with Crippen molar-refractivity contribution in [3.8, 4) is 0 Å². The van der Waals surface area contributed by atoms with E-state index in [4.69, 9.17) is 3.80 Å². The number of rotatable bonds is 0. The summed E-state index contributed by atoms with van der Waals surface area (Å²) in [5.74, 6) is 0. The molecule has 0 bridgehead atoms. The maximum atomic E-state index is 8.28. The summed E-state index contributed by atoms with van der Waals surface area (Å²) in [5, 5.41) is 0. The summed E-state index contributed by atoms with van der Waals surface area (Å²) in [7, 11) is 0. The van der Waals surface area contributed by atoms with E-state index in [2.05, 4.69) is 0 Å². The minimum atomic E-state index is 0. The molecular weight excluding hydrogens is 239 g/mol. The monoisotopic (exact) mass is 243 g/mol. The molecule has 4 heteroatoms. The van der Waals surface area contributed by atoms with Gasteiger partial charge in [-0.15, -0.1) is 0 Å². The van der Waals surface area contributed by atoms with Crippen LogP contribution in [0.1, 0.15) is 2.85 Å². The molecule has 1 nitrogen and oxygen atoms in total. The van der Waals surface area contributed by atoms with Gasteiger partial charge in [-0.25, -0.2) is 0 Å². The molecule has 0 N–H and O–H groups in total. The topological polar surface area (TPSA) is 17.1 Å². The van der Waals surface area contributed by atoms with Gasteiger partial charge in [0.15, 0.2) is 0 Å². The Morgan fingerprint density at radius 3 is 1.50 bits per heavy atom. The Balaban J connectivity index is -0.000000000833. The van der Waals surface area contributed by atoms with Gasteiger partial charge in [-0.05, 0) is 0 Å². The molecule has 0 aromatic rings. The SMILES string of the molecule is [Ba+2].[Co].[H-].[H-].[O]=[AlH]. The molecule has 0 rings (SSSR count). The van der Waals surface area contributed by atoms with E-state index in [0.29, 0.717) is 16.2 Å². The van der Waals surface area contributed by atoms with E-state index in [1.807, 2.05) is 0 Å². The average molecular weight is 242 g/mol. The Morgan fingerprint density at radius 2 is 1.50 bits per heavy atom. The summed E-state index contributed by atoms with van der Waals surface area (Å²) in [6, 6.07) is 0. The van der Waals surface area contributed by atoms with Gasteiger partial charge < -0.3 is 2.85 Å². The fourth-order valence-corrected chi connectivity index (χ4v) is 0. The molecular formula is H3AlBaCoO. The normalized spacial score (nSPS) is 0.750. The van der Waals surface area contributed by atoms with Gasteiger partial charge in [0, 0.05) is 16.8 Å².